The van der Waals surface area contributed by atoms with E-state index in [9.17, 15) is 29.6 Å². The summed E-state index contributed by atoms with van der Waals surface area (Å²) in [6, 6.07) is 18.1. The van der Waals surface area contributed by atoms with Gasteiger partial charge in [0.2, 0.25) is 0 Å². The van der Waals surface area contributed by atoms with Crippen molar-refractivity contribution in [3.8, 4) is 0 Å². The monoisotopic (exact) mass is 514 g/mol. The molecule has 1 amide bonds. The van der Waals surface area contributed by atoms with Gasteiger partial charge in [-0.3, -0.25) is 19.7 Å². The summed E-state index contributed by atoms with van der Waals surface area (Å²) in [5, 5.41) is 22.4. The number of non-ortho nitro benzene ring substituents is 1. The highest BCUT2D eigenvalue weighted by atomic mass is 16.6. The topological polar surface area (TPSA) is 127 Å². The average Bonchev–Trinajstić information content (AvgIpc) is 3.13. The van der Waals surface area contributed by atoms with Crippen LogP contribution in [0.25, 0.3) is 5.76 Å². The molecule has 38 heavy (non-hydrogen) atoms. The number of ketones is 1. The SMILES string of the molecule is Cc1cccc(C2/C(=C(/O)c3cccc([N+](=O)[O-])c3)C(=O)C(=O)N2Cc2ccc(C(=O)OC(C)C)cc2)c1. The molecule has 1 N–H and O–H groups in total. The van der Waals surface area contributed by atoms with Crippen molar-refractivity contribution in [1.29, 1.82) is 0 Å². The van der Waals surface area contributed by atoms with Gasteiger partial charge in [-0.05, 0) is 44.0 Å². The maximum absolute atomic E-state index is 13.3. The number of nitro groups is 1. The Bertz CT molecular complexity index is 1460. The number of ether oxygens (including phenoxy) is 1. The number of carbonyl (C=O) groups excluding carboxylic acids is 3. The first-order valence-electron chi connectivity index (χ1n) is 12.0. The van der Waals surface area contributed by atoms with Crippen LogP contribution >= 0.6 is 0 Å². The molecule has 9 nitrogen and oxygen atoms in total. The number of nitrogens with zero attached hydrogens (tertiary/aromatic N) is 2. The van der Waals surface area contributed by atoms with Crippen LogP contribution in [0.3, 0.4) is 0 Å². The van der Waals surface area contributed by atoms with Crippen molar-refractivity contribution >= 4 is 29.1 Å². The number of aliphatic hydroxyl groups excluding tert-OH is 1. The number of nitro benzene ring substituents is 1. The van der Waals surface area contributed by atoms with E-state index in [-0.39, 0.29) is 29.5 Å². The Morgan fingerprint density at radius 1 is 1.03 bits per heavy atom. The lowest BCUT2D eigenvalue weighted by molar-refractivity contribution is -0.384. The van der Waals surface area contributed by atoms with Gasteiger partial charge in [0.15, 0.2) is 0 Å². The summed E-state index contributed by atoms with van der Waals surface area (Å²) >= 11 is 0. The average molecular weight is 515 g/mol. The second-order valence-corrected chi connectivity index (χ2v) is 9.30. The molecule has 1 unspecified atom stereocenters. The fraction of sp³-hybridized carbons (Fsp3) is 0.207. The summed E-state index contributed by atoms with van der Waals surface area (Å²) in [6.07, 6.45) is -0.269. The van der Waals surface area contributed by atoms with Gasteiger partial charge < -0.3 is 14.7 Å². The molecule has 3 aromatic carbocycles. The summed E-state index contributed by atoms with van der Waals surface area (Å²) in [6.45, 7) is 5.39. The van der Waals surface area contributed by atoms with Gasteiger partial charge in [-0.15, -0.1) is 0 Å². The summed E-state index contributed by atoms with van der Waals surface area (Å²) in [4.78, 5) is 50.7. The van der Waals surface area contributed by atoms with Crippen LogP contribution in [-0.2, 0) is 20.9 Å². The molecule has 4 rings (SSSR count). The normalized spacial score (nSPS) is 16.6. The minimum atomic E-state index is -0.931. The number of carbonyl (C=O) groups is 3. The number of aryl methyl sites for hydroxylation is 1. The number of hydrogen-bond acceptors (Lipinski definition) is 7. The van der Waals surface area contributed by atoms with Crippen molar-refractivity contribution in [2.24, 2.45) is 0 Å². The highest BCUT2D eigenvalue weighted by molar-refractivity contribution is 6.46. The molecule has 0 aliphatic carbocycles. The first kappa shape index (κ1) is 26.3. The van der Waals surface area contributed by atoms with Crippen molar-refractivity contribution in [1.82, 2.24) is 4.90 Å². The van der Waals surface area contributed by atoms with Gasteiger partial charge >= 0.3 is 5.97 Å². The molecular weight excluding hydrogens is 488 g/mol. The molecule has 1 aliphatic rings. The number of rotatable bonds is 7. The zero-order valence-electron chi connectivity index (χ0n) is 21.1. The van der Waals surface area contributed by atoms with Crippen molar-refractivity contribution in [3.63, 3.8) is 0 Å². The van der Waals surface area contributed by atoms with Crippen LogP contribution in [0, 0.1) is 17.0 Å². The van der Waals surface area contributed by atoms with Crippen LogP contribution in [0.1, 0.15) is 52.5 Å². The third-order valence-electron chi connectivity index (χ3n) is 6.11. The summed E-state index contributed by atoms with van der Waals surface area (Å²) in [5.74, 6) is -2.67. The molecule has 1 fully saturated rings. The third kappa shape index (κ3) is 5.31. The first-order chi connectivity index (χ1) is 18.1. The lowest BCUT2D eigenvalue weighted by atomic mass is 9.94. The third-order valence-corrected chi connectivity index (χ3v) is 6.11. The van der Waals surface area contributed by atoms with Crippen molar-refractivity contribution in [3.05, 3.63) is 116 Å². The van der Waals surface area contributed by atoms with E-state index in [1.54, 1.807) is 50.2 Å². The number of esters is 1. The second-order valence-electron chi connectivity index (χ2n) is 9.30. The van der Waals surface area contributed by atoms with E-state index in [0.29, 0.717) is 16.7 Å². The molecule has 9 heteroatoms. The minimum absolute atomic E-state index is 0.0222. The Kier molecular flexibility index (Phi) is 7.38. The van der Waals surface area contributed by atoms with Crippen LogP contribution in [0.4, 0.5) is 5.69 Å². The zero-order valence-corrected chi connectivity index (χ0v) is 21.1. The van der Waals surface area contributed by atoms with Crippen molar-refractivity contribution in [2.75, 3.05) is 0 Å². The van der Waals surface area contributed by atoms with Gasteiger partial charge in [0, 0.05) is 24.2 Å². The van der Waals surface area contributed by atoms with Crippen LogP contribution in [0.5, 0.6) is 0 Å². The number of aliphatic hydroxyl groups is 1. The molecule has 3 aromatic rings. The quantitative estimate of drug-likeness (QED) is 0.116. The van der Waals surface area contributed by atoms with Crippen LogP contribution in [-0.4, -0.2) is 38.7 Å². The molecule has 1 atom stereocenters. The largest absolute Gasteiger partial charge is 0.507 e. The fourth-order valence-electron chi connectivity index (χ4n) is 4.38. The van der Waals surface area contributed by atoms with Gasteiger partial charge in [-0.25, -0.2) is 4.79 Å². The Morgan fingerprint density at radius 3 is 2.34 bits per heavy atom. The van der Waals surface area contributed by atoms with Crippen LogP contribution in [0.2, 0.25) is 0 Å². The molecule has 0 radical (unpaired) electrons. The molecule has 1 aliphatic heterocycles. The highest BCUT2D eigenvalue weighted by Gasteiger charge is 2.46. The Hall–Kier alpha value is -4.79. The smallest absolute Gasteiger partial charge is 0.338 e. The Labute approximate surface area is 219 Å². The molecular formula is C29H26N2O7. The molecule has 1 saturated heterocycles. The van der Waals surface area contributed by atoms with E-state index < -0.39 is 34.4 Å². The number of likely N-dealkylation sites (tertiary alicyclic amines) is 1. The van der Waals surface area contributed by atoms with Gasteiger partial charge in [0.1, 0.15) is 5.76 Å². The van der Waals surface area contributed by atoms with Crippen LogP contribution in [0.15, 0.2) is 78.4 Å². The number of hydrogen-bond donors (Lipinski definition) is 1. The predicted molar refractivity (Wildman–Crippen MR) is 139 cm³/mol. The molecule has 0 bridgehead atoms. The molecule has 194 valence electrons. The van der Waals surface area contributed by atoms with E-state index in [1.807, 2.05) is 19.1 Å². The molecule has 1 heterocycles. The van der Waals surface area contributed by atoms with E-state index in [2.05, 4.69) is 0 Å². The number of Topliss-reactive ketones (excluding diaryl/α,β-unsaturated/α-hetero) is 1. The second kappa shape index (κ2) is 10.7. The number of amides is 1. The maximum Gasteiger partial charge on any atom is 0.338 e. The van der Waals surface area contributed by atoms with Crippen molar-refractivity contribution in [2.45, 2.75) is 39.5 Å². The summed E-state index contributed by atoms with van der Waals surface area (Å²) in [5.41, 5.74) is 2.14. The fourth-order valence-corrected chi connectivity index (χ4v) is 4.38. The molecule has 0 spiro atoms. The molecule has 0 saturated carbocycles. The standard InChI is InChI=1S/C29H26N2O7/c1-17(2)38-29(35)20-12-10-19(11-13-20)16-30-25(21-7-4-6-18(3)14-21)24(27(33)28(30)34)26(32)22-8-5-9-23(15-22)31(36)37/h4-15,17,25,32H,16H2,1-3H3/b26-24-. The summed E-state index contributed by atoms with van der Waals surface area (Å²) in [7, 11) is 0. The highest BCUT2D eigenvalue weighted by Crippen LogP contribution is 2.40. The van der Waals surface area contributed by atoms with E-state index in [1.165, 1.54) is 23.1 Å². The summed E-state index contributed by atoms with van der Waals surface area (Å²) < 4.78 is 5.21. The zero-order chi connectivity index (χ0) is 27.6. The lowest BCUT2D eigenvalue weighted by Gasteiger charge is -2.26. The van der Waals surface area contributed by atoms with Gasteiger partial charge in [0.25, 0.3) is 17.4 Å². The minimum Gasteiger partial charge on any atom is -0.507 e. The Morgan fingerprint density at radius 2 is 1.71 bits per heavy atom. The lowest BCUT2D eigenvalue weighted by Crippen LogP contribution is -2.29. The van der Waals surface area contributed by atoms with Crippen molar-refractivity contribution < 1.29 is 29.2 Å². The van der Waals surface area contributed by atoms with E-state index in [0.717, 1.165) is 11.6 Å². The van der Waals surface area contributed by atoms with Gasteiger partial charge in [0.05, 0.1) is 28.2 Å². The van der Waals surface area contributed by atoms with E-state index >= 15 is 0 Å². The number of benzene rings is 3. The predicted octanol–water partition coefficient (Wildman–Crippen LogP) is 5.09. The van der Waals surface area contributed by atoms with E-state index in [4.69, 9.17) is 4.74 Å². The van der Waals surface area contributed by atoms with Gasteiger partial charge in [-0.1, -0.05) is 54.1 Å². The van der Waals surface area contributed by atoms with Gasteiger partial charge in [-0.2, -0.15) is 0 Å². The first-order valence-corrected chi connectivity index (χ1v) is 12.0. The van der Waals surface area contributed by atoms with Crippen LogP contribution < -0.4 is 0 Å². The molecule has 0 aromatic heterocycles. The Balaban J connectivity index is 1.77. The maximum atomic E-state index is 13.3.